The summed E-state index contributed by atoms with van der Waals surface area (Å²) in [6.45, 7) is 0.195. The van der Waals surface area contributed by atoms with Crippen molar-refractivity contribution in [2.45, 2.75) is 108 Å². The summed E-state index contributed by atoms with van der Waals surface area (Å²) >= 11 is 0. The molecule has 0 rings (SSSR count). The quantitative estimate of drug-likeness (QED) is 0.150. The van der Waals surface area contributed by atoms with Crippen LogP contribution >= 0.6 is 0 Å². The average Bonchev–Trinajstić information content (AvgIpc) is 2.69. The van der Waals surface area contributed by atoms with Gasteiger partial charge in [0.25, 0.3) is 0 Å². The maximum atomic E-state index is 11.8. The Morgan fingerprint density at radius 3 is 1.83 bits per heavy atom. The summed E-state index contributed by atoms with van der Waals surface area (Å²) < 4.78 is 0. The van der Waals surface area contributed by atoms with Crippen LogP contribution in [-0.2, 0) is 14.4 Å². The van der Waals surface area contributed by atoms with E-state index < -0.39 is 24.2 Å². The largest absolute Gasteiger partial charge is 0.480 e. The van der Waals surface area contributed by atoms with Gasteiger partial charge in [0.15, 0.2) is 0 Å². The molecule has 8 heteroatoms. The number of hydrogen-bond acceptors (Lipinski definition) is 6. The number of aliphatic hydroxyl groups excluding tert-OH is 3. The molecule has 0 heterocycles. The highest BCUT2D eigenvalue weighted by Crippen LogP contribution is 2.14. The van der Waals surface area contributed by atoms with Gasteiger partial charge in [0.1, 0.15) is 12.3 Å². The van der Waals surface area contributed by atoms with Crippen LogP contribution < -0.4 is 5.32 Å². The number of carboxylic acids is 1. The number of aliphatic carboxylic acids is 1. The fraction of sp³-hybridized carbons (Fsp3) is 0.857. The number of aliphatic hydroxyl groups is 3. The Hall–Kier alpha value is -1.51. The average molecular weight is 418 g/mol. The van der Waals surface area contributed by atoms with Crippen LogP contribution in [0.1, 0.15) is 89.9 Å². The van der Waals surface area contributed by atoms with Gasteiger partial charge >= 0.3 is 5.97 Å². The van der Waals surface area contributed by atoms with Crippen molar-refractivity contribution in [3.05, 3.63) is 0 Å². The van der Waals surface area contributed by atoms with Gasteiger partial charge in [0.2, 0.25) is 5.91 Å². The Balaban J connectivity index is 3.69. The lowest BCUT2D eigenvalue weighted by Gasteiger charge is -2.17. The zero-order valence-electron chi connectivity index (χ0n) is 17.4. The first kappa shape index (κ1) is 27.5. The number of aldehydes is 1. The van der Waals surface area contributed by atoms with Crippen molar-refractivity contribution in [3.63, 3.8) is 0 Å². The second-order valence-electron chi connectivity index (χ2n) is 7.57. The molecule has 0 bridgehead atoms. The predicted octanol–water partition coefficient (Wildman–Crippen LogP) is 1.93. The van der Waals surface area contributed by atoms with Gasteiger partial charge in [-0.3, -0.25) is 4.79 Å². The van der Waals surface area contributed by atoms with Gasteiger partial charge in [0, 0.05) is 19.4 Å². The van der Waals surface area contributed by atoms with Gasteiger partial charge in [-0.15, -0.1) is 0 Å². The topological polar surface area (TPSA) is 144 Å². The first-order valence-corrected chi connectivity index (χ1v) is 10.8. The molecule has 0 aromatic heterocycles. The molecule has 29 heavy (non-hydrogen) atoms. The van der Waals surface area contributed by atoms with E-state index in [2.05, 4.69) is 5.32 Å². The third kappa shape index (κ3) is 16.0. The summed E-state index contributed by atoms with van der Waals surface area (Å²) in [4.78, 5) is 33.1. The summed E-state index contributed by atoms with van der Waals surface area (Å²) in [7, 11) is 0. The number of amides is 1. The van der Waals surface area contributed by atoms with Crippen LogP contribution in [0.15, 0.2) is 0 Å². The van der Waals surface area contributed by atoms with Crippen LogP contribution in [0.5, 0.6) is 0 Å². The Morgan fingerprint density at radius 2 is 1.31 bits per heavy atom. The molecule has 0 saturated heterocycles. The molecule has 5 N–H and O–H groups in total. The van der Waals surface area contributed by atoms with E-state index in [1.165, 1.54) is 0 Å². The summed E-state index contributed by atoms with van der Waals surface area (Å²) in [5.41, 5.74) is 0. The van der Waals surface area contributed by atoms with E-state index in [0.717, 1.165) is 51.4 Å². The van der Waals surface area contributed by atoms with Crippen LogP contribution in [-0.4, -0.2) is 63.4 Å². The number of carbonyl (C=O) groups is 3. The molecule has 0 aromatic rings. The molecule has 3 atom stereocenters. The van der Waals surface area contributed by atoms with Crippen LogP contribution in [0.3, 0.4) is 0 Å². The van der Waals surface area contributed by atoms with Gasteiger partial charge < -0.3 is 30.5 Å². The predicted molar refractivity (Wildman–Crippen MR) is 109 cm³/mol. The fourth-order valence-corrected chi connectivity index (χ4v) is 3.13. The van der Waals surface area contributed by atoms with Crippen molar-refractivity contribution in [2.75, 3.05) is 6.61 Å². The number of carboxylic acid groups (broad SMARTS) is 1. The SMILES string of the molecule is O=CCC[C@H](NC(=O)CCCCCCC[C@H](O)[C@H](O)CCCCCCO)C(=O)O. The summed E-state index contributed by atoms with van der Waals surface area (Å²) in [5.74, 6) is -1.45. The van der Waals surface area contributed by atoms with Crippen LogP contribution in [0.4, 0.5) is 0 Å². The Morgan fingerprint density at radius 1 is 0.793 bits per heavy atom. The highest BCUT2D eigenvalue weighted by atomic mass is 16.4. The molecule has 0 aliphatic rings. The van der Waals surface area contributed by atoms with E-state index in [1.54, 1.807) is 0 Å². The third-order valence-corrected chi connectivity index (χ3v) is 4.96. The van der Waals surface area contributed by atoms with Crippen LogP contribution in [0.25, 0.3) is 0 Å². The van der Waals surface area contributed by atoms with Crippen molar-refractivity contribution in [1.29, 1.82) is 0 Å². The minimum Gasteiger partial charge on any atom is -0.480 e. The lowest BCUT2D eigenvalue weighted by atomic mass is 10.00. The minimum absolute atomic E-state index is 0.0986. The molecule has 0 radical (unpaired) electrons. The zero-order valence-corrected chi connectivity index (χ0v) is 17.4. The molecule has 0 unspecified atom stereocenters. The lowest BCUT2D eigenvalue weighted by Crippen LogP contribution is -2.40. The molecular formula is C21H39NO7. The van der Waals surface area contributed by atoms with E-state index in [1.807, 2.05) is 0 Å². The van der Waals surface area contributed by atoms with Crippen LogP contribution in [0.2, 0.25) is 0 Å². The standard InChI is InChI=1S/C21H39NO7/c23-15-9-5-4-7-13-19(26)18(25)12-6-2-1-3-8-14-20(27)22-17(21(28)29)11-10-16-24/h16-19,23,25-26H,1-15H2,(H,22,27)(H,28,29)/t17-,18-,19+/m0/s1. The van der Waals surface area contributed by atoms with E-state index in [-0.39, 0.29) is 31.8 Å². The molecule has 8 nitrogen and oxygen atoms in total. The van der Waals surface area contributed by atoms with Gasteiger partial charge in [-0.2, -0.15) is 0 Å². The van der Waals surface area contributed by atoms with E-state index in [0.29, 0.717) is 25.5 Å². The minimum atomic E-state index is -1.13. The maximum Gasteiger partial charge on any atom is 0.326 e. The van der Waals surface area contributed by atoms with Crippen molar-refractivity contribution in [1.82, 2.24) is 5.32 Å². The van der Waals surface area contributed by atoms with Crippen LogP contribution in [0, 0.1) is 0 Å². The number of unbranched alkanes of at least 4 members (excludes halogenated alkanes) is 7. The Bertz CT molecular complexity index is 445. The molecule has 1 amide bonds. The molecule has 0 fully saturated rings. The molecular weight excluding hydrogens is 378 g/mol. The third-order valence-electron chi connectivity index (χ3n) is 4.96. The first-order chi connectivity index (χ1) is 13.9. The maximum absolute atomic E-state index is 11.8. The highest BCUT2D eigenvalue weighted by Gasteiger charge is 2.19. The molecule has 170 valence electrons. The summed E-state index contributed by atoms with van der Waals surface area (Å²) in [6.07, 6.45) is 8.42. The second-order valence-corrected chi connectivity index (χ2v) is 7.57. The lowest BCUT2D eigenvalue weighted by molar-refractivity contribution is -0.142. The van der Waals surface area contributed by atoms with Gasteiger partial charge in [-0.25, -0.2) is 4.79 Å². The molecule has 0 aromatic carbocycles. The molecule has 0 aliphatic carbocycles. The normalized spacial score (nSPS) is 14.2. The highest BCUT2D eigenvalue weighted by molar-refractivity contribution is 5.83. The van der Waals surface area contributed by atoms with Crippen molar-refractivity contribution in [3.8, 4) is 0 Å². The van der Waals surface area contributed by atoms with E-state index >= 15 is 0 Å². The molecule has 0 aliphatic heterocycles. The van der Waals surface area contributed by atoms with Crippen molar-refractivity contribution >= 4 is 18.2 Å². The monoisotopic (exact) mass is 417 g/mol. The Kier molecular flexibility index (Phi) is 17.6. The van der Waals surface area contributed by atoms with Gasteiger partial charge in [-0.05, 0) is 32.1 Å². The first-order valence-electron chi connectivity index (χ1n) is 10.8. The molecule has 0 saturated carbocycles. The van der Waals surface area contributed by atoms with Gasteiger partial charge in [0.05, 0.1) is 12.2 Å². The number of nitrogens with one attached hydrogen (secondary N) is 1. The molecule has 0 spiro atoms. The zero-order chi connectivity index (χ0) is 21.9. The number of rotatable bonds is 20. The van der Waals surface area contributed by atoms with E-state index in [4.69, 9.17) is 10.2 Å². The van der Waals surface area contributed by atoms with Crippen molar-refractivity contribution in [2.24, 2.45) is 0 Å². The number of carbonyl (C=O) groups excluding carboxylic acids is 2. The smallest absolute Gasteiger partial charge is 0.326 e. The summed E-state index contributed by atoms with van der Waals surface area (Å²) in [5, 5.41) is 40.1. The fourth-order valence-electron chi connectivity index (χ4n) is 3.13. The van der Waals surface area contributed by atoms with E-state index in [9.17, 15) is 24.6 Å². The Labute approximate surface area is 173 Å². The van der Waals surface area contributed by atoms with Crippen molar-refractivity contribution < 1.29 is 34.8 Å². The number of hydrogen-bond donors (Lipinski definition) is 5. The second kappa shape index (κ2) is 18.5. The van der Waals surface area contributed by atoms with Gasteiger partial charge in [-0.1, -0.05) is 44.9 Å². The summed E-state index contributed by atoms with van der Waals surface area (Å²) in [6, 6.07) is -1.02.